The third-order valence-electron chi connectivity index (χ3n) is 4.22. The Morgan fingerprint density at radius 2 is 2.19 bits per heavy atom. The highest BCUT2D eigenvalue weighted by molar-refractivity contribution is 7.18. The summed E-state index contributed by atoms with van der Waals surface area (Å²) in [5, 5.41) is 4.10. The first-order chi connectivity index (χ1) is 10.2. The van der Waals surface area contributed by atoms with Crippen LogP contribution in [0.2, 0.25) is 4.34 Å². The Morgan fingerprint density at radius 1 is 1.38 bits per heavy atom. The summed E-state index contributed by atoms with van der Waals surface area (Å²) in [6.45, 7) is 0.906. The Kier molecular flexibility index (Phi) is 3.42. The Balaban J connectivity index is 1.41. The van der Waals surface area contributed by atoms with Gasteiger partial charge in [0.15, 0.2) is 0 Å². The summed E-state index contributed by atoms with van der Waals surface area (Å²) in [6.07, 6.45) is 4.91. The molecule has 1 aliphatic heterocycles. The van der Waals surface area contributed by atoms with Gasteiger partial charge in [0.1, 0.15) is 5.71 Å². The Bertz CT molecular complexity index is 592. The van der Waals surface area contributed by atoms with E-state index in [2.05, 4.69) is 5.16 Å². The zero-order chi connectivity index (χ0) is 14.4. The summed E-state index contributed by atoms with van der Waals surface area (Å²) in [7, 11) is 0. The van der Waals surface area contributed by atoms with Crippen LogP contribution >= 0.6 is 22.9 Å². The lowest BCUT2D eigenvalue weighted by Crippen LogP contribution is -2.42. The predicted octanol–water partition coefficient (Wildman–Crippen LogP) is 3.30. The quantitative estimate of drug-likeness (QED) is 0.834. The molecular formula is C15H17ClN2O2S. The molecule has 1 unspecified atom stereocenters. The molecule has 1 aromatic rings. The molecule has 2 fully saturated rings. The Labute approximate surface area is 132 Å². The minimum absolute atomic E-state index is 0.116. The van der Waals surface area contributed by atoms with Crippen molar-refractivity contribution in [2.24, 2.45) is 11.1 Å². The molecule has 1 amide bonds. The van der Waals surface area contributed by atoms with E-state index in [0.29, 0.717) is 18.4 Å². The molecule has 21 heavy (non-hydrogen) atoms. The highest BCUT2D eigenvalue weighted by Crippen LogP contribution is 2.36. The molecule has 1 aromatic heterocycles. The van der Waals surface area contributed by atoms with Crippen LogP contribution in [0.3, 0.4) is 0 Å². The van der Waals surface area contributed by atoms with Crippen molar-refractivity contribution in [1.82, 2.24) is 4.90 Å². The fraction of sp³-hybridized carbons (Fsp3) is 0.600. The molecule has 0 N–H and O–H groups in total. The molecule has 6 heteroatoms. The van der Waals surface area contributed by atoms with Gasteiger partial charge in [-0.25, -0.2) is 0 Å². The summed E-state index contributed by atoms with van der Waals surface area (Å²) < 4.78 is 0.732. The molecule has 112 valence electrons. The van der Waals surface area contributed by atoms with Gasteiger partial charge in [-0.2, -0.15) is 0 Å². The van der Waals surface area contributed by atoms with Crippen LogP contribution in [-0.4, -0.2) is 35.2 Å². The van der Waals surface area contributed by atoms with E-state index < -0.39 is 6.10 Å². The summed E-state index contributed by atoms with van der Waals surface area (Å²) >= 11 is 7.43. The van der Waals surface area contributed by atoms with Gasteiger partial charge >= 0.3 is 0 Å². The minimum atomic E-state index is -0.444. The molecule has 3 aliphatic rings. The van der Waals surface area contributed by atoms with E-state index in [1.807, 2.05) is 17.0 Å². The standard InChI is InChI=1S/C15H17ClN2O2S/c16-14-6-5-13(21-14)11-7-12(20-17-11)15(19)18(10-3-4-10)8-9-1-2-9/h5-6,9-10,12H,1-4,7-8H2. The van der Waals surface area contributed by atoms with E-state index in [4.69, 9.17) is 16.4 Å². The molecule has 1 atom stereocenters. The maximum absolute atomic E-state index is 12.7. The van der Waals surface area contributed by atoms with Crippen LogP contribution in [0, 0.1) is 5.92 Å². The van der Waals surface area contributed by atoms with Crippen LogP contribution in [0.15, 0.2) is 17.3 Å². The van der Waals surface area contributed by atoms with E-state index in [9.17, 15) is 4.79 Å². The molecule has 2 saturated carbocycles. The highest BCUT2D eigenvalue weighted by Gasteiger charge is 2.41. The summed E-state index contributed by atoms with van der Waals surface area (Å²) in [6, 6.07) is 4.23. The Hall–Kier alpha value is -1.07. The van der Waals surface area contributed by atoms with Gasteiger partial charge in [-0.1, -0.05) is 16.8 Å². The lowest BCUT2D eigenvalue weighted by molar-refractivity contribution is -0.143. The largest absolute Gasteiger partial charge is 0.382 e. The molecule has 0 saturated heterocycles. The zero-order valence-electron chi connectivity index (χ0n) is 11.6. The normalized spacial score (nSPS) is 24.6. The number of thiophene rings is 1. The number of nitrogens with zero attached hydrogens (tertiary/aromatic N) is 2. The van der Waals surface area contributed by atoms with E-state index in [1.54, 1.807) is 0 Å². The van der Waals surface area contributed by atoms with E-state index in [0.717, 1.165) is 34.3 Å². The zero-order valence-corrected chi connectivity index (χ0v) is 13.2. The van der Waals surface area contributed by atoms with Gasteiger partial charge in [-0.3, -0.25) is 4.79 Å². The molecule has 4 nitrogen and oxygen atoms in total. The lowest BCUT2D eigenvalue weighted by atomic mass is 10.1. The smallest absolute Gasteiger partial charge is 0.267 e. The van der Waals surface area contributed by atoms with Crippen LogP contribution in [0.1, 0.15) is 37.0 Å². The van der Waals surface area contributed by atoms with E-state index in [-0.39, 0.29) is 5.91 Å². The highest BCUT2D eigenvalue weighted by atomic mass is 35.5. The van der Waals surface area contributed by atoms with Gasteiger partial charge in [0, 0.05) is 19.0 Å². The summed E-state index contributed by atoms with van der Waals surface area (Å²) in [4.78, 5) is 21.1. The fourth-order valence-electron chi connectivity index (χ4n) is 2.69. The van der Waals surface area contributed by atoms with Crippen LogP contribution < -0.4 is 0 Å². The van der Waals surface area contributed by atoms with E-state index >= 15 is 0 Å². The molecule has 0 bridgehead atoms. The summed E-state index contributed by atoms with van der Waals surface area (Å²) in [5.74, 6) is 0.832. The first-order valence-electron chi connectivity index (χ1n) is 7.49. The van der Waals surface area contributed by atoms with Crippen molar-refractivity contribution in [3.8, 4) is 0 Å². The first kappa shape index (κ1) is 13.6. The second kappa shape index (κ2) is 5.29. The maximum Gasteiger partial charge on any atom is 0.267 e. The van der Waals surface area contributed by atoms with Crippen LogP contribution in [0.4, 0.5) is 0 Å². The monoisotopic (exact) mass is 324 g/mol. The number of oxime groups is 1. The van der Waals surface area contributed by atoms with Crippen molar-refractivity contribution in [3.05, 3.63) is 21.3 Å². The van der Waals surface area contributed by atoms with Gasteiger partial charge in [-0.15, -0.1) is 11.3 Å². The van der Waals surface area contributed by atoms with Gasteiger partial charge in [0.2, 0.25) is 6.10 Å². The van der Waals surface area contributed by atoms with Crippen LogP contribution in [-0.2, 0) is 9.63 Å². The molecule has 0 radical (unpaired) electrons. The minimum Gasteiger partial charge on any atom is -0.382 e. The molecule has 2 aliphatic carbocycles. The number of halogens is 1. The predicted molar refractivity (Wildman–Crippen MR) is 82.8 cm³/mol. The van der Waals surface area contributed by atoms with Crippen LogP contribution in [0.5, 0.6) is 0 Å². The third kappa shape index (κ3) is 2.94. The van der Waals surface area contributed by atoms with Gasteiger partial charge in [0.25, 0.3) is 5.91 Å². The number of carbonyl (C=O) groups excluding carboxylic acids is 1. The maximum atomic E-state index is 12.7. The molecule has 0 spiro atoms. The summed E-state index contributed by atoms with van der Waals surface area (Å²) in [5.41, 5.74) is 0.840. The van der Waals surface area contributed by atoms with Gasteiger partial charge in [-0.05, 0) is 43.7 Å². The number of hydrogen-bond acceptors (Lipinski definition) is 4. The molecule has 2 heterocycles. The van der Waals surface area contributed by atoms with Crippen molar-refractivity contribution in [3.63, 3.8) is 0 Å². The number of hydrogen-bond donors (Lipinski definition) is 0. The second-order valence-electron chi connectivity index (χ2n) is 6.11. The third-order valence-corrected chi connectivity index (χ3v) is 5.50. The van der Waals surface area contributed by atoms with Crippen molar-refractivity contribution in [1.29, 1.82) is 0 Å². The van der Waals surface area contributed by atoms with Crippen molar-refractivity contribution in [2.45, 2.75) is 44.2 Å². The second-order valence-corrected chi connectivity index (χ2v) is 7.82. The topological polar surface area (TPSA) is 41.9 Å². The average Bonchev–Trinajstić information content (AvgIpc) is 3.38. The molecule has 0 aromatic carbocycles. The molecule has 4 rings (SSSR count). The van der Waals surface area contributed by atoms with Crippen molar-refractivity contribution < 1.29 is 9.63 Å². The average molecular weight is 325 g/mol. The lowest BCUT2D eigenvalue weighted by Gasteiger charge is -2.24. The van der Waals surface area contributed by atoms with Crippen molar-refractivity contribution >= 4 is 34.6 Å². The first-order valence-corrected chi connectivity index (χ1v) is 8.69. The number of amides is 1. The fourth-order valence-corrected chi connectivity index (χ4v) is 3.73. The molecular weight excluding hydrogens is 308 g/mol. The van der Waals surface area contributed by atoms with Crippen molar-refractivity contribution in [2.75, 3.05) is 6.54 Å². The van der Waals surface area contributed by atoms with Gasteiger partial charge < -0.3 is 9.74 Å². The SMILES string of the molecule is O=C(C1CC(c2ccc(Cl)s2)=NO1)N(CC1CC1)C1CC1. The number of carbonyl (C=O) groups is 1. The van der Waals surface area contributed by atoms with E-state index in [1.165, 1.54) is 24.2 Å². The Morgan fingerprint density at radius 3 is 2.81 bits per heavy atom. The van der Waals surface area contributed by atoms with Crippen LogP contribution in [0.25, 0.3) is 0 Å². The number of rotatable bonds is 5. The van der Waals surface area contributed by atoms with Gasteiger partial charge in [0.05, 0.1) is 9.21 Å².